The monoisotopic (exact) mass is 393 g/mol. The van der Waals surface area contributed by atoms with Gasteiger partial charge in [0.05, 0.1) is 20.6 Å². The summed E-state index contributed by atoms with van der Waals surface area (Å²) in [4.78, 5) is 60.6. The molecule has 146 valence electrons. The lowest BCUT2D eigenvalue weighted by Gasteiger charge is -2.44. The zero-order valence-electron chi connectivity index (χ0n) is 15.1. The number of carboxylic acids is 2. The van der Waals surface area contributed by atoms with E-state index in [1.165, 1.54) is 14.1 Å². The predicted molar refractivity (Wildman–Crippen MR) is 88.6 cm³/mol. The van der Waals surface area contributed by atoms with Gasteiger partial charge in [0, 0.05) is 17.7 Å². The van der Waals surface area contributed by atoms with Gasteiger partial charge in [-0.15, -0.1) is 4.42 Å². The minimum absolute atomic E-state index is 0.0569. The standard InChI is InChI=1S/C15H22ClN3O7/c1-5-9(2)6-19(4)14(25)12(13(24)17(16)15(19)26)18(3,7-10(20)21)8-11(22)23/h9,12H,5-8H2,1-4H3/p+2. The molecule has 2 N–H and O–H groups in total. The minimum Gasteiger partial charge on any atom is -0.477 e. The molecular formula is C15H24ClN3O7+2. The van der Waals surface area contributed by atoms with E-state index in [1.807, 2.05) is 13.8 Å². The number of halogens is 1. The van der Waals surface area contributed by atoms with Crippen molar-refractivity contribution >= 4 is 41.6 Å². The molecule has 0 aromatic carbocycles. The Bertz CT molecular complexity index is 637. The molecule has 3 atom stereocenters. The van der Waals surface area contributed by atoms with Gasteiger partial charge in [-0.2, -0.15) is 4.48 Å². The number of carbonyl (C=O) groups is 5. The Morgan fingerprint density at radius 1 is 1.23 bits per heavy atom. The van der Waals surface area contributed by atoms with Gasteiger partial charge >= 0.3 is 29.8 Å². The van der Waals surface area contributed by atoms with Crippen LogP contribution in [-0.4, -0.2) is 93.2 Å². The molecule has 10 nitrogen and oxygen atoms in total. The first-order valence-electron chi connectivity index (χ1n) is 8.02. The maximum atomic E-state index is 13.1. The van der Waals surface area contributed by atoms with Crippen LogP contribution in [-0.2, 0) is 19.2 Å². The number of rotatable bonds is 8. The molecule has 11 heteroatoms. The summed E-state index contributed by atoms with van der Waals surface area (Å²) in [5, 5.41) is 18.3. The van der Waals surface area contributed by atoms with Crippen LogP contribution in [0.2, 0.25) is 0 Å². The average molecular weight is 394 g/mol. The fraction of sp³-hybridized carbons (Fsp3) is 0.667. The second-order valence-electron chi connectivity index (χ2n) is 7.11. The normalized spacial score (nSPS) is 25.3. The van der Waals surface area contributed by atoms with E-state index in [0.717, 1.165) is 0 Å². The number of hydrogen-bond donors (Lipinski definition) is 2. The number of imide groups is 2. The summed E-state index contributed by atoms with van der Waals surface area (Å²) in [7, 11) is 2.48. The lowest BCUT2D eigenvalue weighted by molar-refractivity contribution is -0.914. The Labute approximate surface area is 155 Å². The molecule has 0 aromatic heterocycles. The molecule has 26 heavy (non-hydrogen) atoms. The van der Waals surface area contributed by atoms with E-state index in [1.54, 1.807) is 0 Å². The number of carboxylic acid groups (broad SMARTS) is 2. The Hall–Kier alpha value is -2.04. The number of carbonyl (C=O) groups excluding carboxylic acids is 3. The van der Waals surface area contributed by atoms with Gasteiger partial charge in [-0.05, 0) is 6.42 Å². The number of aliphatic carboxylic acids is 2. The van der Waals surface area contributed by atoms with Crippen LogP contribution in [0.15, 0.2) is 0 Å². The average Bonchev–Trinajstić information content (AvgIpc) is 2.49. The van der Waals surface area contributed by atoms with E-state index in [9.17, 15) is 24.0 Å². The van der Waals surface area contributed by atoms with E-state index in [-0.39, 0.29) is 16.9 Å². The summed E-state index contributed by atoms with van der Waals surface area (Å²) in [5.41, 5.74) is 0. The van der Waals surface area contributed by atoms with Crippen molar-refractivity contribution in [1.82, 2.24) is 4.42 Å². The number of barbiturate groups is 1. The third-order valence-electron chi connectivity index (χ3n) is 4.73. The van der Waals surface area contributed by atoms with Crippen molar-refractivity contribution in [1.29, 1.82) is 0 Å². The number of amides is 4. The third kappa shape index (κ3) is 4.02. The Morgan fingerprint density at radius 3 is 2.08 bits per heavy atom. The number of likely N-dealkylation sites (N-methyl/N-ethyl adjacent to an activating group) is 2. The molecule has 1 heterocycles. The largest absolute Gasteiger partial charge is 0.477 e. The van der Waals surface area contributed by atoms with Crippen LogP contribution in [0.3, 0.4) is 0 Å². The SMILES string of the molecule is CCC(C)C[N+]1(C)C(=O)C([N+](C)(CC(=O)O)CC(=O)O)C(=O)N(Cl)C1=O. The summed E-state index contributed by atoms with van der Waals surface area (Å²) in [6.45, 7) is 2.15. The molecule has 0 aromatic rings. The third-order valence-corrected chi connectivity index (χ3v) is 5.04. The van der Waals surface area contributed by atoms with Crippen LogP contribution in [0.25, 0.3) is 0 Å². The molecule has 0 radical (unpaired) electrons. The van der Waals surface area contributed by atoms with Gasteiger partial charge < -0.3 is 10.2 Å². The fourth-order valence-electron chi connectivity index (χ4n) is 3.18. The summed E-state index contributed by atoms with van der Waals surface area (Å²) in [6.07, 6.45) is 0.658. The Morgan fingerprint density at radius 2 is 1.69 bits per heavy atom. The molecule has 0 saturated carbocycles. The van der Waals surface area contributed by atoms with Crippen LogP contribution in [0.4, 0.5) is 4.79 Å². The second kappa shape index (κ2) is 7.68. The maximum Gasteiger partial charge on any atom is 0.448 e. The van der Waals surface area contributed by atoms with Crippen LogP contribution < -0.4 is 0 Å². The second-order valence-corrected chi connectivity index (χ2v) is 7.45. The molecular weight excluding hydrogens is 370 g/mol. The molecule has 0 bridgehead atoms. The van der Waals surface area contributed by atoms with Gasteiger partial charge in [0.1, 0.15) is 0 Å². The number of urea groups is 1. The van der Waals surface area contributed by atoms with Gasteiger partial charge in [0.2, 0.25) is 0 Å². The van der Waals surface area contributed by atoms with E-state index < -0.39 is 57.9 Å². The zero-order chi connectivity index (χ0) is 20.4. The highest BCUT2D eigenvalue weighted by molar-refractivity contribution is 6.33. The van der Waals surface area contributed by atoms with E-state index in [0.29, 0.717) is 6.42 Å². The van der Waals surface area contributed by atoms with Crippen LogP contribution >= 0.6 is 11.8 Å². The number of nitrogens with zero attached hydrogens (tertiary/aromatic N) is 3. The first kappa shape index (κ1) is 22.0. The van der Waals surface area contributed by atoms with Crippen molar-refractivity contribution in [2.24, 2.45) is 5.92 Å². The molecule has 1 fully saturated rings. The van der Waals surface area contributed by atoms with Crippen molar-refractivity contribution in [2.45, 2.75) is 26.3 Å². The molecule has 1 saturated heterocycles. The van der Waals surface area contributed by atoms with Gasteiger partial charge in [-0.3, -0.25) is 9.28 Å². The van der Waals surface area contributed by atoms with Gasteiger partial charge in [0.25, 0.3) is 6.04 Å². The minimum atomic E-state index is -1.72. The van der Waals surface area contributed by atoms with Crippen LogP contribution in [0, 0.1) is 5.92 Å². The first-order valence-corrected chi connectivity index (χ1v) is 8.36. The first-order chi connectivity index (χ1) is 11.8. The quantitative estimate of drug-likeness (QED) is 0.340. The zero-order valence-corrected chi connectivity index (χ0v) is 15.9. The number of quaternary nitrogens is 2. The van der Waals surface area contributed by atoms with Crippen LogP contribution in [0.1, 0.15) is 20.3 Å². The van der Waals surface area contributed by atoms with Crippen LogP contribution in [0.5, 0.6) is 0 Å². The molecule has 1 aliphatic rings. The summed E-state index contributed by atoms with van der Waals surface area (Å²) < 4.78 is -1.48. The van der Waals surface area contributed by atoms with Crippen molar-refractivity contribution in [3.05, 3.63) is 0 Å². The molecule has 1 rings (SSSR count). The van der Waals surface area contributed by atoms with Gasteiger partial charge in [-0.1, -0.05) is 13.8 Å². The predicted octanol–water partition coefficient (Wildman–Crippen LogP) is 0.106. The summed E-state index contributed by atoms with van der Waals surface area (Å²) in [6, 6.07) is -2.65. The molecule has 4 amide bonds. The Kier molecular flexibility index (Phi) is 6.50. The van der Waals surface area contributed by atoms with Crippen molar-refractivity contribution in [3.8, 4) is 0 Å². The van der Waals surface area contributed by atoms with Gasteiger partial charge in [0.15, 0.2) is 13.1 Å². The molecule has 0 aliphatic carbocycles. The highest BCUT2D eigenvalue weighted by atomic mass is 35.5. The van der Waals surface area contributed by atoms with Crippen molar-refractivity contribution in [2.75, 3.05) is 33.7 Å². The van der Waals surface area contributed by atoms with E-state index in [4.69, 9.17) is 22.0 Å². The Balaban J connectivity index is 3.48. The fourth-order valence-corrected chi connectivity index (χ4v) is 3.43. The molecule has 3 unspecified atom stereocenters. The summed E-state index contributed by atoms with van der Waals surface area (Å²) in [5.74, 6) is -4.81. The topological polar surface area (TPSA) is 129 Å². The number of hydrogen-bond acceptors (Lipinski definition) is 5. The summed E-state index contributed by atoms with van der Waals surface area (Å²) >= 11 is 5.83. The molecule has 1 aliphatic heterocycles. The smallest absolute Gasteiger partial charge is 0.448 e. The highest BCUT2D eigenvalue weighted by Crippen LogP contribution is 2.29. The van der Waals surface area contributed by atoms with Crippen molar-refractivity contribution < 1.29 is 43.2 Å². The lowest BCUT2D eigenvalue weighted by Crippen LogP contribution is -2.77. The highest BCUT2D eigenvalue weighted by Gasteiger charge is 2.64. The van der Waals surface area contributed by atoms with Gasteiger partial charge in [-0.25, -0.2) is 19.2 Å². The maximum absolute atomic E-state index is 13.1. The molecule has 0 spiro atoms. The lowest BCUT2D eigenvalue weighted by atomic mass is 10.0. The van der Waals surface area contributed by atoms with Crippen molar-refractivity contribution in [3.63, 3.8) is 0 Å². The van der Waals surface area contributed by atoms with E-state index in [2.05, 4.69) is 0 Å². The van der Waals surface area contributed by atoms with E-state index >= 15 is 0 Å².